The molecule has 6 nitrogen and oxygen atoms in total. The highest BCUT2D eigenvalue weighted by atomic mass is 16.1. The summed E-state index contributed by atoms with van der Waals surface area (Å²) in [7, 11) is 0. The summed E-state index contributed by atoms with van der Waals surface area (Å²) in [6.45, 7) is 7.45. The number of hydrogen-bond acceptors (Lipinski definition) is 3. The van der Waals surface area contributed by atoms with Crippen LogP contribution >= 0.6 is 0 Å². The monoisotopic (exact) mass is 215 g/mol. The van der Waals surface area contributed by atoms with Crippen LogP contribution in [0.15, 0.2) is 4.99 Å². The Morgan fingerprint density at radius 1 is 1.40 bits per heavy atom. The zero-order valence-electron chi connectivity index (χ0n) is 9.63. The number of aliphatic imine (C=N–C) groups is 1. The van der Waals surface area contributed by atoms with Gasteiger partial charge in [-0.3, -0.25) is 10.2 Å². The third-order valence-corrected chi connectivity index (χ3v) is 1.57. The molecule has 0 saturated carbocycles. The van der Waals surface area contributed by atoms with E-state index >= 15 is 0 Å². The van der Waals surface area contributed by atoms with Gasteiger partial charge in [-0.05, 0) is 12.8 Å². The molecule has 0 aliphatic heterocycles. The Bertz CT molecular complexity index is 215. The van der Waals surface area contributed by atoms with Gasteiger partial charge in [0.1, 0.15) is 6.54 Å². The first-order valence-electron chi connectivity index (χ1n) is 5.11. The fourth-order valence-electron chi connectivity index (χ4n) is 0.845. The second-order valence-corrected chi connectivity index (χ2v) is 3.54. The molecule has 0 fully saturated rings. The first-order valence-corrected chi connectivity index (χ1v) is 5.11. The molecule has 6 heteroatoms. The van der Waals surface area contributed by atoms with E-state index in [0.29, 0.717) is 25.0 Å². The standard InChI is InChI=1S/C9H21N5O/c1-4-11-9(14-10)13-6-8(15)12-5-7(2)3/h7H,4-6,10H2,1-3H3,(H,12,15)(H2,11,13,14). The van der Waals surface area contributed by atoms with Crippen LogP contribution in [0.2, 0.25) is 0 Å². The maximum Gasteiger partial charge on any atom is 0.241 e. The molecule has 0 aliphatic carbocycles. The van der Waals surface area contributed by atoms with E-state index in [2.05, 4.69) is 21.1 Å². The number of hydrazine groups is 1. The number of carbonyl (C=O) groups is 1. The van der Waals surface area contributed by atoms with Gasteiger partial charge in [0, 0.05) is 13.1 Å². The van der Waals surface area contributed by atoms with Gasteiger partial charge >= 0.3 is 0 Å². The third kappa shape index (κ3) is 7.75. The minimum atomic E-state index is -0.102. The summed E-state index contributed by atoms with van der Waals surface area (Å²) in [4.78, 5) is 15.2. The fourth-order valence-corrected chi connectivity index (χ4v) is 0.845. The van der Waals surface area contributed by atoms with E-state index < -0.39 is 0 Å². The van der Waals surface area contributed by atoms with Gasteiger partial charge in [0.25, 0.3) is 0 Å². The molecule has 0 unspecified atom stereocenters. The smallest absolute Gasteiger partial charge is 0.241 e. The van der Waals surface area contributed by atoms with Crippen LogP contribution in [0.5, 0.6) is 0 Å². The molecule has 0 saturated heterocycles. The minimum Gasteiger partial charge on any atom is -0.356 e. The van der Waals surface area contributed by atoms with Crippen molar-refractivity contribution in [3.05, 3.63) is 0 Å². The van der Waals surface area contributed by atoms with Gasteiger partial charge in [-0.15, -0.1) is 0 Å². The molecule has 0 aromatic heterocycles. The van der Waals surface area contributed by atoms with E-state index in [0.717, 1.165) is 0 Å². The number of nitrogens with two attached hydrogens (primary N) is 1. The molecule has 0 bridgehead atoms. The molecule has 0 aromatic rings. The highest BCUT2D eigenvalue weighted by Gasteiger charge is 2.01. The van der Waals surface area contributed by atoms with E-state index in [-0.39, 0.29) is 12.5 Å². The fraction of sp³-hybridized carbons (Fsp3) is 0.778. The molecule has 0 heterocycles. The second kappa shape index (κ2) is 8.05. The number of hydrogen-bond donors (Lipinski definition) is 4. The molecular formula is C9H21N5O. The van der Waals surface area contributed by atoms with Crippen LogP contribution in [0.1, 0.15) is 20.8 Å². The van der Waals surface area contributed by atoms with Crippen molar-refractivity contribution in [3.63, 3.8) is 0 Å². The average Bonchev–Trinajstić information content (AvgIpc) is 2.21. The zero-order valence-corrected chi connectivity index (χ0v) is 9.63. The van der Waals surface area contributed by atoms with E-state index in [1.54, 1.807) is 0 Å². The second-order valence-electron chi connectivity index (χ2n) is 3.54. The molecule has 0 spiro atoms. The van der Waals surface area contributed by atoms with Crippen LogP contribution in [0.25, 0.3) is 0 Å². The van der Waals surface area contributed by atoms with Crippen LogP contribution in [0.3, 0.4) is 0 Å². The van der Waals surface area contributed by atoms with Crippen LogP contribution < -0.4 is 21.9 Å². The summed E-state index contributed by atoms with van der Waals surface area (Å²) < 4.78 is 0. The molecule has 5 N–H and O–H groups in total. The first kappa shape index (κ1) is 13.7. The number of guanidine groups is 1. The molecular weight excluding hydrogens is 194 g/mol. The maximum atomic E-state index is 11.3. The lowest BCUT2D eigenvalue weighted by Crippen LogP contribution is -2.42. The lowest BCUT2D eigenvalue weighted by molar-refractivity contribution is -0.119. The number of rotatable bonds is 5. The van der Waals surface area contributed by atoms with Crippen molar-refractivity contribution < 1.29 is 4.79 Å². The van der Waals surface area contributed by atoms with E-state index in [9.17, 15) is 4.79 Å². The van der Waals surface area contributed by atoms with Gasteiger partial charge < -0.3 is 10.6 Å². The summed E-state index contributed by atoms with van der Waals surface area (Å²) in [5, 5.41) is 5.65. The molecule has 88 valence electrons. The van der Waals surface area contributed by atoms with Gasteiger partial charge in [-0.2, -0.15) is 0 Å². The van der Waals surface area contributed by atoms with Crippen LogP contribution in [0.4, 0.5) is 0 Å². The summed E-state index contributed by atoms with van der Waals surface area (Å²) in [6, 6.07) is 0. The van der Waals surface area contributed by atoms with Crippen molar-refractivity contribution in [3.8, 4) is 0 Å². The maximum absolute atomic E-state index is 11.3. The molecule has 0 radical (unpaired) electrons. The lowest BCUT2D eigenvalue weighted by atomic mass is 10.2. The Balaban J connectivity index is 3.84. The van der Waals surface area contributed by atoms with E-state index in [1.165, 1.54) is 0 Å². The molecule has 0 aliphatic rings. The summed E-state index contributed by atoms with van der Waals surface area (Å²) in [5.74, 6) is 5.96. The Kier molecular flexibility index (Phi) is 7.35. The minimum absolute atomic E-state index is 0.0826. The van der Waals surface area contributed by atoms with E-state index in [4.69, 9.17) is 5.84 Å². The Morgan fingerprint density at radius 3 is 2.53 bits per heavy atom. The van der Waals surface area contributed by atoms with Crippen molar-refractivity contribution in [2.24, 2.45) is 16.8 Å². The van der Waals surface area contributed by atoms with Crippen molar-refractivity contribution in [2.75, 3.05) is 19.6 Å². The van der Waals surface area contributed by atoms with Crippen molar-refractivity contribution in [1.29, 1.82) is 0 Å². The van der Waals surface area contributed by atoms with Gasteiger partial charge in [-0.25, -0.2) is 10.8 Å². The highest BCUT2D eigenvalue weighted by molar-refractivity contribution is 5.84. The van der Waals surface area contributed by atoms with Crippen LogP contribution in [-0.4, -0.2) is 31.5 Å². The number of nitrogens with zero attached hydrogens (tertiary/aromatic N) is 1. The quantitative estimate of drug-likeness (QED) is 0.209. The summed E-state index contributed by atoms with van der Waals surface area (Å²) >= 11 is 0. The predicted octanol–water partition coefficient (Wildman–Crippen LogP) is -0.813. The predicted molar refractivity (Wildman–Crippen MR) is 61.1 cm³/mol. The van der Waals surface area contributed by atoms with Crippen molar-refractivity contribution >= 4 is 11.9 Å². The highest BCUT2D eigenvalue weighted by Crippen LogP contribution is 1.86. The number of carbonyl (C=O) groups excluding carboxylic acids is 1. The normalized spacial score (nSPS) is 11.4. The molecule has 0 rings (SSSR count). The molecule has 1 amide bonds. The van der Waals surface area contributed by atoms with Gasteiger partial charge in [0.05, 0.1) is 0 Å². The topological polar surface area (TPSA) is 91.5 Å². The number of nitrogens with one attached hydrogen (secondary N) is 3. The number of amides is 1. The van der Waals surface area contributed by atoms with E-state index in [1.807, 2.05) is 20.8 Å². The van der Waals surface area contributed by atoms with Gasteiger partial charge in [0.2, 0.25) is 11.9 Å². The summed E-state index contributed by atoms with van der Waals surface area (Å²) in [6.07, 6.45) is 0. The SMILES string of the molecule is CCNC(=NCC(=O)NCC(C)C)NN. The summed E-state index contributed by atoms with van der Waals surface area (Å²) in [5.41, 5.74) is 2.38. The molecule has 15 heavy (non-hydrogen) atoms. The van der Waals surface area contributed by atoms with Crippen LogP contribution in [-0.2, 0) is 4.79 Å². The molecule has 0 atom stereocenters. The first-order chi connectivity index (χ1) is 7.10. The van der Waals surface area contributed by atoms with Crippen molar-refractivity contribution in [1.82, 2.24) is 16.1 Å². The third-order valence-electron chi connectivity index (χ3n) is 1.57. The van der Waals surface area contributed by atoms with Crippen molar-refractivity contribution in [2.45, 2.75) is 20.8 Å². The lowest BCUT2D eigenvalue weighted by Gasteiger charge is -2.08. The Hall–Kier alpha value is -1.30. The average molecular weight is 215 g/mol. The van der Waals surface area contributed by atoms with Crippen LogP contribution in [0, 0.1) is 5.92 Å². The Morgan fingerprint density at radius 2 is 2.07 bits per heavy atom. The molecule has 0 aromatic carbocycles. The Labute approximate surface area is 90.7 Å². The van der Waals surface area contributed by atoms with Gasteiger partial charge in [-0.1, -0.05) is 13.8 Å². The largest absolute Gasteiger partial charge is 0.356 e. The van der Waals surface area contributed by atoms with Gasteiger partial charge in [0.15, 0.2) is 0 Å². The zero-order chi connectivity index (χ0) is 11.7.